The number of nitrogens with zero attached hydrogens (tertiary/aromatic N) is 1. The molecule has 27 heavy (non-hydrogen) atoms. The van der Waals surface area contributed by atoms with Crippen molar-refractivity contribution in [3.63, 3.8) is 0 Å². The topological polar surface area (TPSA) is 57.3 Å². The zero-order valence-corrected chi connectivity index (χ0v) is 16.5. The fourth-order valence-corrected chi connectivity index (χ4v) is 3.65. The highest BCUT2D eigenvalue weighted by atomic mass is 32.1. The third-order valence-electron chi connectivity index (χ3n) is 4.70. The molecule has 3 rings (SSSR count). The van der Waals surface area contributed by atoms with Gasteiger partial charge in [-0.25, -0.2) is 0 Å². The Labute approximate surface area is 165 Å². The van der Waals surface area contributed by atoms with Gasteiger partial charge in [-0.15, -0.1) is 0 Å². The first-order valence-electron chi connectivity index (χ1n) is 9.34. The van der Waals surface area contributed by atoms with Gasteiger partial charge in [0, 0.05) is 23.1 Å². The summed E-state index contributed by atoms with van der Waals surface area (Å²) in [7, 11) is 0. The second-order valence-corrected chi connectivity index (χ2v) is 7.05. The lowest BCUT2D eigenvalue weighted by molar-refractivity contribution is -0.117. The van der Waals surface area contributed by atoms with Crippen molar-refractivity contribution in [3.05, 3.63) is 65.4 Å². The molecule has 1 aromatic heterocycles. The first-order chi connectivity index (χ1) is 13.1. The SMILES string of the molecule is CCc1c(CC(N)=O)c2cc(OCCCS)ccc2n1Cc1ccccc1. The monoisotopic (exact) mass is 382 g/mol. The van der Waals surface area contributed by atoms with Crippen LogP contribution in [0.25, 0.3) is 10.9 Å². The molecule has 3 aromatic rings. The zero-order chi connectivity index (χ0) is 19.2. The lowest BCUT2D eigenvalue weighted by Gasteiger charge is -2.11. The number of hydrogen-bond donors (Lipinski definition) is 2. The van der Waals surface area contributed by atoms with Crippen molar-refractivity contribution >= 4 is 29.4 Å². The number of benzene rings is 2. The van der Waals surface area contributed by atoms with E-state index < -0.39 is 0 Å². The van der Waals surface area contributed by atoms with E-state index in [1.165, 1.54) is 5.56 Å². The molecule has 0 saturated carbocycles. The van der Waals surface area contributed by atoms with E-state index in [0.717, 1.165) is 53.0 Å². The van der Waals surface area contributed by atoms with Crippen LogP contribution < -0.4 is 10.5 Å². The molecular weight excluding hydrogens is 356 g/mol. The second kappa shape index (κ2) is 9.00. The Morgan fingerprint density at radius 1 is 1.19 bits per heavy atom. The fourth-order valence-electron chi connectivity index (χ4n) is 3.52. The van der Waals surface area contributed by atoms with E-state index in [9.17, 15) is 4.79 Å². The maximum absolute atomic E-state index is 11.7. The Hall–Kier alpha value is -2.40. The molecule has 0 aliphatic carbocycles. The summed E-state index contributed by atoms with van der Waals surface area (Å²) in [5.41, 5.74) is 10.0. The molecule has 0 unspecified atom stereocenters. The van der Waals surface area contributed by atoms with Crippen LogP contribution in [-0.4, -0.2) is 22.8 Å². The van der Waals surface area contributed by atoms with Crippen molar-refractivity contribution in [2.45, 2.75) is 32.7 Å². The molecule has 2 aromatic carbocycles. The number of amides is 1. The summed E-state index contributed by atoms with van der Waals surface area (Å²) in [6.07, 6.45) is 1.96. The predicted octanol–water partition coefficient (Wildman–Crippen LogP) is 3.98. The van der Waals surface area contributed by atoms with Gasteiger partial charge < -0.3 is 15.0 Å². The Morgan fingerprint density at radius 2 is 1.96 bits per heavy atom. The maximum Gasteiger partial charge on any atom is 0.221 e. The van der Waals surface area contributed by atoms with Crippen molar-refractivity contribution in [2.75, 3.05) is 12.4 Å². The third-order valence-corrected chi connectivity index (χ3v) is 5.01. The number of rotatable bonds is 9. The van der Waals surface area contributed by atoms with Crippen LogP contribution in [0.5, 0.6) is 5.75 Å². The summed E-state index contributed by atoms with van der Waals surface area (Å²) in [6, 6.07) is 16.5. The molecule has 0 radical (unpaired) electrons. The van der Waals surface area contributed by atoms with E-state index in [1.807, 2.05) is 30.3 Å². The summed E-state index contributed by atoms with van der Waals surface area (Å²) in [5.74, 6) is 1.29. The number of thiol groups is 1. The van der Waals surface area contributed by atoms with Gasteiger partial charge in [0.2, 0.25) is 5.91 Å². The number of nitrogens with two attached hydrogens (primary N) is 1. The average molecular weight is 383 g/mol. The van der Waals surface area contributed by atoms with Crippen LogP contribution in [0.1, 0.15) is 30.2 Å². The molecular formula is C22H26N2O2S. The molecule has 0 fully saturated rings. The summed E-state index contributed by atoms with van der Waals surface area (Å²) < 4.78 is 8.13. The number of primary amides is 1. The van der Waals surface area contributed by atoms with Crippen molar-refractivity contribution in [2.24, 2.45) is 5.73 Å². The number of carbonyl (C=O) groups is 1. The van der Waals surface area contributed by atoms with Gasteiger partial charge in [-0.05, 0) is 47.9 Å². The van der Waals surface area contributed by atoms with Crippen LogP contribution in [0.2, 0.25) is 0 Å². The Bertz CT molecular complexity index is 919. The van der Waals surface area contributed by atoms with Crippen LogP contribution >= 0.6 is 12.6 Å². The van der Waals surface area contributed by atoms with Crippen molar-refractivity contribution in [1.82, 2.24) is 4.57 Å². The van der Waals surface area contributed by atoms with Crippen LogP contribution in [0.4, 0.5) is 0 Å². The number of aromatic nitrogens is 1. The summed E-state index contributed by atoms with van der Waals surface area (Å²) in [5, 5.41) is 1.05. The Balaban J connectivity index is 2.08. The minimum atomic E-state index is -0.315. The average Bonchev–Trinajstić information content (AvgIpc) is 2.94. The van der Waals surface area contributed by atoms with Crippen LogP contribution in [-0.2, 0) is 24.2 Å². The van der Waals surface area contributed by atoms with Crippen LogP contribution in [0, 0.1) is 0 Å². The van der Waals surface area contributed by atoms with E-state index in [1.54, 1.807) is 0 Å². The standard InChI is InChI=1S/C22H26N2O2S/c1-2-20-19(14-22(23)25)18-13-17(26-11-6-12-27)9-10-21(18)24(20)15-16-7-4-3-5-8-16/h3-5,7-10,13,27H,2,6,11-12,14-15H2,1H3,(H2,23,25). The zero-order valence-electron chi connectivity index (χ0n) is 15.6. The van der Waals surface area contributed by atoms with Gasteiger partial charge in [-0.3, -0.25) is 4.79 Å². The minimum Gasteiger partial charge on any atom is -0.494 e. The van der Waals surface area contributed by atoms with E-state index in [0.29, 0.717) is 6.61 Å². The molecule has 0 bridgehead atoms. The number of hydrogen-bond acceptors (Lipinski definition) is 3. The minimum absolute atomic E-state index is 0.238. The Kier molecular flexibility index (Phi) is 6.45. The molecule has 0 aliphatic heterocycles. The smallest absolute Gasteiger partial charge is 0.221 e. The molecule has 0 aliphatic rings. The first kappa shape index (κ1) is 19.4. The number of carbonyl (C=O) groups excluding carboxylic acids is 1. The maximum atomic E-state index is 11.7. The van der Waals surface area contributed by atoms with Crippen molar-refractivity contribution < 1.29 is 9.53 Å². The molecule has 0 atom stereocenters. The lowest BCUT2D eigenvalue weighted by atomic mass is 10.1. The summed E-state index contributed by atoms with van der Waals surface area (Å²) in [6.45, 7) is 3.51. The molecule has 1 amide bonds. The third kappa shape index (κ3) is 4.48. The van der Waals surface area contributed by atoms with E-state index in [4.69, 9.17) is 10.5 Å². The fraction of sp³-hybridized carbons (Fsp3) is 0.318. The highest BCUT2D eigenvalue weighted by molar-refractivity contribution is 7.80. The van der Waals surface area contributed by atoms with E-state index >= 15 is 0 Å². The van der Waals surface area contributed by atoms with Gasteiger partial charge >= 0.3 is 0 Å². The molecule has 0 saturated heterocycles. The van der Waals surface area contributed by atoms with Gasteiger partial charge in [0.05, 0.1) is 13.0 Å². The van der Waals surface area contributed by atoms with Gasteiger partial charge in [0.15, 0.2) is 0 Å². The molecule has 0 spiro atoms. The predicted molar refractivity (Wildman–Crippen MR) is 114 cm³/mol. The van der Waals surface area contributed by atoms with E-state index in [2.05, 4.69) is 42.3 Å². The van der Waals surface area contributed by atoms with Gasteiger partial charge in [-0.1, -0.05) is 37.3 Å². The Morgan fingerprint density at radius 3 is 2.63 bits per heavy atom. The van der Waals surface area contributed by atoms with Crippen molar-refractivity contribution in [3.8, 4) is 5.75 Å². The summed E-state index contributed by atoms with van der Waals surface area (Å²) in [4.78, 5) is 11.7. The van der Waals surface area contributed by atoms with Crippen molar-refractivity contribution in [1.29, 1.82) is 0 Å². The largest absolute Gasteiger partial charge is 0.494 e. The highest BCUT2D eigenvalue weighted by Gasteiger charge is 2.18. The van der Waals surface area contributed by atoms with Crippen LogP contribution in [0.3, 0.4) is 0 Å². The molecule has 1 heterocycles. The van der Waals surface area contributed by atoms with Gasteiger partial charge in [0.1, 0.15) is 5.75 Å². The van der Waals surface area contributed by atoms with Gasteiger partial charge in [-0.2, -0.15) is 12.6 Å². The highest BCUT2D eigenvalue weighted by Crippen LogP contribution is 2.31. The number of fused-ring (bicyclic) bond motifs is 1. The van der Waals surface area contributed by atoms with Crippen LogP contribution in [0.15, 0.2) is 48.5 Å². The normalized spacial score (nSPS) is 11.0. The molecule has 4 nitrogen and oxygen atoms in total. The molecule has 142 valence electrons. The molecule has 2 N–H and O–H groups in total. The molecule has 5 heteroatoms. The first-order valence-corrected chi connectivity index (χ1v) is 9.97. The lowest BCUT2D eigenvalue weighted by Crippen LogP contribution is -2.15. The summed E-state index contributed by atoms with van der Waals surface area (Å²) >= 11 is 4.22. The second-order valence-electron chi connectivity index (χ2n) is 6.60. The van der Waals surface area contributed by atoms with Gasteiger partial charge in [0.25, 0.3) is 0 Å². The quantitative estimate of drug-likeness (QED) is 0.434. The number of ether oxygens (including phenoxy) is 1. The van der Waals surface area contributed by atoms with E-state index in [-0.39, 0.29) is 12.3 Å².